The van der Waals surface area contributed by atoms with E-state index in [4.69, 9.17) is 23.2 Å². The van der Waals surface area contributed by atoms with Gasteiger partial charge in [-0.25, -0.2) is 4.79 Å². The standard InChI is InChI=1S/C17H11Cl2N5O2/c18-13-4-1-9(5-14(13)19)7-24-8-12(17(25)26)11-3-2-10(6-15(11)24)16-20-22-23-21-16/h1-6,8H,7H2,(H,25,26)(H,20,21,22,23). The van der Waals surface area contributed by atoms with Gasteiger partial charge in [0.1, 0.15) is 0 Å². The fraction of sp³-hybridized carbons (Fsp3) is 0.0588. The molecule has 0 saturated carbocycles. The van der Waals surface area contributed by atoms with Crippen LogP contribution in [0.3, 0.4) is 0 Å². The van der Waals surface area contributed by atoms with Gasteiger partial charge in [-0.1, -0.05) is 41.4 Å². The van der Waals surface area contributed by atoms with E-state index >= 15 is 0 Å². The van der Waals surface area contributed by atoms with E-state index in [0.29, 0.717) is 27.8 Å². The van der Waals surface area contributed by atoms with Crippen LogP contribution in [-0.4, -0.2) is 36.3 Å². The van der Waals surface area contributed by atoms with E-state index in [0.717, 1.165) is 16.6 Å². The smallest absolute Gasteiger partial charge is 0.337 e. The van der Waals surface area contributed by atoms with Gasteiger partial charge in [0, 0.05) is 29.2 Å². The van der Waals surface area contributed by atoms with Gasteiger partial charge < -0.3 is 9.67 Å². The van der Waals surface area contributed by atoms with Crippen LogP contribution in [0, 0.1) is 0 Å². The number of rotatable bonds is 4. The van der Waals surface area contributed by atoms with Crippen molar-refractivity contribution in [3.63, 3.8) is 0 Å². The Labute approximate surface area is 157 Å². The highest BCUT2D eigenvalue weighted by molar-refractivity contribution is 6.42. The minimum absolute atomic E-state index is 0.222. The number of benzene rings is 2. The molecule has 2 N–H and O–H groups in total. The summed E-state index contributed by atoms with van der Waals surface area (Å²) in [5.74, 6) is -0.554. The van der Waals surface area contributed by atoms with Crippen molar-refractivity contribution >= 4 is 40.1 Å². The normalized spacial score (nSPS) is 11.2. The summed E-state index contributed by atoms with van der Waals surface area (Å²) in [5.41, 5.74) is 2.60. The summed E-state index contributed by atoms with van der Waals surface area (Å²) in [6.45, 7) is 0.441. The van der Waals surface area contributed by atoms with Gasteiger partial charge >= 0.3 is 5.97 Å². The first-order valence-electron chi connectivity index (χ1n) is 7.57. The molecule has 4 aromatic rings. The maximum atomic E-state index is 11.6. The van der Waals surface area contributed by atoms with Crippen molar-refractivity contribution in [3.05, 3.63) is 63.8 Å². The first kappa shape index (κ1) is 16.6. The van der Waals surface area contributed by atoms with Gasteiger partial charge in [0.15, 0.2) is 0 Å². The van der Waals surface area contributed by atoms with Crippen LogP contribution in [-0.2, 0) is 6.54 Å². The Morgan fingerprint density at radius 1 is 1.15 bits per heavy atom. The summed E-state index contributed by atoms with van der Waals surface area (Å²) in [4.78, 5) is 11.6. The molecule has 2 aromatic carbocycles. The molecule has 0 amide bonds. The van der Waals surface area contributed by atoms with Crippen LogP contribution >= 0.6 is 23.2 Å². The highest BCUT2D eigenvalue weighted by Crippen LogP contribution is 2.28. The molecule has 0 unspecified atom stereocenters. The van der Waals surface area contributed by atoms with Crippen molar-refractivity contribution < 1.29 is 9.90 Å². The molecule has 0 aliphatic heterocycles. The largest absolute Gasteiger partial charge is 0.478 e. The van der Waals surface area contributed by atoms with Gasteiger partial charge in [0.05, 0.1) is 15.6 Å². The molecule has 9 heteroatoms. The van der Waals surface area contributed by atoms with Gasteiger partial charge in [-0.15, -0.1) is 10.2 Å². The average Bonchev–Trinajstić information content (AvgIpc) is 3.26. The monoisotopic (exact) mass is 387 g/mol. The Morgan fingerprint density at radius 2 is 2.00 bits per heavy atom. The van der Waals surface area contributed by atoms with Crippen LogP contribution in [0.25, 0.3) is 22.3 Å². The Hall–Kier alpha value is -2.90. The van der Waals surface area contributed by atoms with Crippen molar-refractivity contribution in [3.8, 4) is 11.4 Å². The highest BCUT2D eigenvalue weighted by Gasteiger charge is 2.16. The number of hydrogen-bond donors (Lipinski definition) is 2. The van der Waals surface area contributed by atoms with E-state index in [1.807, 2.05) is 16.7 Å². The number of nitrogens with zero attached hydrogens (tertiary/aromatic N) is 4. The lowest BCUT2D eigenvalue weighted by molar-refractivity contribution is 0.0699. The Kier molecular flexibility index (Phi) is 4.10. The molecule has 0 saturated heterocycles. The molecule has 4 rings (SSSR count). The summed E-state index contributed by atoms with van der Waals surface area (Å²) in [7, 11) is 0. The summed E-state index contributed by atoms with van der Waals surface area (Å²) in [6, 6.07) is 10.7. The topological polar surface area (TPSA) is 96.7 Å². The number of carbonyl (C=O) groups is 1. The second-order valence-electron chi connectivity index (χ2n) is 5.69. The molecule has 26 heavy (non-hydrogen) atoms. The first-order chi connectivity index (χ1) is 12.5. The zero-order chi connectivity index (χ0) is 18.3. The van der Waals surface area contributed by atoms with Crippen LogP contribution in [0.5, 0.6) is 0 Å². The van der Waals surface area contributed by atoms with Crippen molar-refractivity contribution in [1.29, 1.82) is 0 Å². The Morgan fingerprint density at radius 3 is 2.69 bits per heavy atom. The molecule has 0 aliphatic rings. The predicted molar refractivity (Wildman–Crippen MR) is 97.6 cm³/mol. The van der Waals surface area contributed by atoms with Crippen molar-refractivity contribution in [1.82, 2.24) is 25.2 Å². The molecule has 0 radical (unpaired) electrons. The van der Waals surface area contributed by atoms with E-state index in [1.54, 1.807) is 30.5 Å². The molecule has 0 bridgehead atoms. The van der Waals surface area contributed by atoms with Crippen LogP contribution in [0.15, 0.2) is 42.6 Å². The van der Waals surface area contributed by atoms with Crippen molar-refractivity contribution in [2.24, 2.45) is 0 Å². The van der Waals surface area contributed by atoms with Gasteiger partial charge in [-0.2, -0.15) is 5.21 Å². The van der Waals surface area contributed by atoms with Gasteiger partial charge in [-0.3, -0.25) is 0 Å². The van der Waals surface area contributed by atoms with Gasteiger partial charge in [-0.05, 0) is 29.0 Å². The predicted octanol–water partition coefficient (Wildman–Crippen LogP) is 3.87. The number of aromatic amines is 1. The first-order valence-corrected chi connectivity index (χ1v) is 8.32. The lowest BCUT2D eigenvalue weighted by Crippen LogP contribution is -1.99. The fourth-order valence-electron chi connectivity index (χ4n) is 2.85. The van der Waals surface area contributed by atoms with Crippen LogP contribution < -0.4 is 0 Å². The van der Waals surface area contributed by atoms with E-state index in [2.05, 4.69) is 20.6 Å². The van der Waals surface area contributed by atoms with E-state index < -0.39 is 5.97 Å². The maximum Gasteiger partial charge on any atom is 0.337 e. The second kappa shape index (κ2) is 6.44. The molecular formula is C17H11Cl2N5O2. The zero-order valence-electron chi connectivity index (χ0n) is 13.1. The molecule has 130 valence electrons. The number of aromatic carboxylic acids is 1. The number of halogens is 2. The third-order valence-electron chi connectivity index (χ3n) is 4.05. The molecule has 7 nitrogen and oxygen atoms in total. The minimum atomic E-state index is -0.991. The molecule has 0 fully saturated rings. The molecule has 0 spiro atoms. The van der Waals surface area contributed by atoms with Crippen molar-refractivity contribution in [2.45, 2.75) is 6.54 Å². The summed E-state index contributed by atoms with van der Waals surface area (Å²) < 4.78 is 1.85. The third kappa shape index (κ3) is 2.91. The van der Waals surface area contributed by atoms with Gasteiger partial charge in [0.2, 0.25) is 5.82 Å². The zero-order valence-corrected chi connectivity index (χ0v) is 14.7. The van der Waals surface area contributed by atoms with Crippen molar-refractivity contribution in [2.75, 3.05) is 0 Å². The molecule has 2 heterocycles. The molecule has 2 aromatic heterocycles. The summed E-state index contributed by atoms with van der Waals surface area (Å²) in [6.07, 6.45) is 1.61. The number of nitrogens with one attached hydrogen (secondary N) is 1. The van der Waals surface area contributed by atoms with Gasteiger partial charge in [0.25, 0.3) is 0 Å². The fourth-order valence-corrected chi connectivity index (χ4v) is 3.17. The number of tetrazole rings is 1. The number of hydrogen-bond acceptors (Lipinski definition) is 4. The molecule has 0 aliphatic carbocycles. The molecule has 0 atom stereocenters. The number of fused-ring (bicyclic) bond motifs is 1. The maximum absolute atomic E-state index is 11.6. The summed E-state index contributed by atoms with van der Waals surface area (Å²) >= 11 is 12.0. The number of H-pyrrole nitrogens is 1. The Balaban J connectivity index is 1.85. The number of carboxylic acid groups (broad SMARTS) is 1. The minimum Gasteiger partial charge on any atom is -0.478 e. The lowest BCUT2D eigenvalue weighted by Gasteiger charge is -2.07. The van der Waals surface area contributed by atoms with E-state index in [-0.39, 0.29) is 5.56 Å². The number of aromatic nitrogens is 5. The SMILES string of the molecule is O=C(O)c1cn(Cc2ccc(Cl)c(Cl)c2)c2cc(-c3nn[nH]n3)ccc12. The third-order valence-corrected chi connectivity index (χ3v) is 4.79. The van der Waals surface area contributed by atoms with Crippen LogP contribution in [0.1, 0.15) is 15.9 Å². The number of carboxylic acids is 1. The molecular weight excluding hydrogens is 377 g/mol. The lowest BCUT2D eigenvalue weighted by atomic mass is 10.1. The highest BCUT2D eigenvalue weighted by atomic mass is 35.5. The van der Waals surface area contributed by atoms with Crippen LogP contribution in [0.4, 0.5) is 0 Å². The Bertz CT molecular complexity index is 1120. The quantitative estimate of drug-likeness (QED) is 0.553. The van der Waals surface area contributed by atoms with Crippen LogP contribution in [0.2, 0.25) is 10.0 Å². The second-order valence-corrected chi connectivity index (χ2v) is 6.51. The summed E-state index contributed by atoms with van der Waals surface area (Å²) in [5, 5.41) is 24.9. The van der Waals surface area contributed by atoms with E-state index in [9.17, 15) is 9.90 Å². The van der Waals surface area contributed by atoms with E-state index in [1.165, 1.54) is 0 Å². The average molecular weight is 388 g/mol.